The molecule has 0 spiro atoms. The molecule has 1 aliphatic rings. The van der Waals surface area contributed by atoms with Gasteiger partial charge in [0, 0.05) is 37.8 Å². The van der Waals surface area contributed by atoms with Gasteiger partial charge in [-0.15, -0.1) is 0 Å². The Morgan fingerprint density at radius 2 is 2.12 bits per heavy atom. The first-order valence-electron chi connectivity index (χ1n) is 7.95. The summed E-state index contributed by atoms with van der Waals surface area (Å²) in [6.45, 7) is 5.33. The molecule has 1 aliphatic heterocycles. The molecule has 0 atom stereocenters. The number of piperazine rings is 1. The highest BCUT2D eigenvalue weighted by molar-refractivity contribution is 6.37. The number of pyridine rings is 1. The van der Waals surface area contributed by atoms with Crippen molar-refractivity contribution in [1.29, 1.82) is 0 Å². The highest BCUT2D eigenvalue weighted by Gasteiger charge is 2.25. The fourth-order valence-electron chi connectivity index (χ4n) is 2.97. The molecule has 7 heteroatoms. The molecule has 0 aliphatic carbocycles. The Morgan fingerprint density at radius 1 is 1.38 bits per heavy atom. The van der Waals surface area contributed by atoms with Crippen LogP contribution in [-0.2, 0) is 4.74 Å². The predicted molar refractivity (Wildman–Crippen MR) is 94.3 cm³/mol. The lowest BCUT2D eigenvalue weighted by Gasteiger charge is -2.32. The van der Waals surface area contributed by atoms with E-state index in [9.17, 15) is 4.79 Å². The zero-order valence-corrected chi connectivity index (χ0v) is 14.5. The van der Waals surface area contributed by atoms with Crippen LogP contribution in [0.1, 0.15) is 17.3 Å². The van der Waals surface area contributed by atoms with Crippen molar-refractivity contribution in [1.82, 2.24) is 10.3 Å². The van der Waals surface area contributed by atoms with Gasteiger partial charge in [-0.1, -0.05) is 11.6 Å². The van der Waals surface area contributed by atoms with Crippen molar-refractivity contribution in [3.8, 4) is 5.75 Å². The van der Waals surface area contributed by atoms with E-state index in [1.54, 1.807) is 32.4 Å². The topological polar surface area (TPSA) is 63.7 Å². The van der Waals surface area contributed by atoms with E-state index in [-0.39, 0.29) is 5.97 Å². The van der Waals surface area contributed by atoms with Gasteiger partial charge in [0.25, 0.3) is 0 Å². The molecule has 128 valence electrons. The molecule has 0 bridgehead atoms. The first kappa shape index (κ1) is 16.8. The van der Waals surface area contributed by atoms with Crippen LogP contribution in [0, 0.1) is 0 Å². The molecule has 24 heavy (non-hydrogen) atoms. The predicted octanol–water partition coefficient (Wildman–Crippen LogP) is 2.48. The summed E-state index contributed by atoms with van der Waals surface area (Å²) in [4.78, 5) is 19.0. The van der Waals surface area contributed by atoms with Gasteiger partial charge in [-0.3, -0.25) is 4.98 Å². The van der Waals surface area contributed by atoms with Crippen molar-refractivity contribution < 1.29 is 14.3 Å². The number of carbonyl (C=O) groups is 1. The third kappa shape index (κ3) is 2.99. The Bertz CT molecular complexity index is 760. The van der Waals surface area contributed by atoms with E-state index < -0.39 is 0 Å². The minimum atomic E-state index is -0.390. The standard InChI is InChI=1S/C17H20ClN3O3/c1-3-24-17(22)11-10-20-15-13(23-2)5-4-12(18)14(15)16(11)21-8-6-19-7-9-21/h4-5,10,19H,3,6-9H2,1-2H3. The van der Waals surface area contributed by atoms with Gasteiger partial charge in [-0.2, -0.15) is 0 Å². The largest absolute Gasteiger partial charge is 0.494 e. The van der Waals surface area contributed by atoms with Crippen LogP contribution in [-0.4, -0.2) is 50.8 Å². The molecule has 3 rings (SSSR count). The highest BCUT2D eigenvalue weighted by Crippen LogP contribution is 2.39. The van der Waals surface area contributed by atoms with Crippen molar-refractivity contribution in [2.24, 2.45) is 0 Å². The molecule has 0 unspecified atom stereocenters. The molecule has 1 aromatic carbocycles. The van der Waals surface area contributed by atoms with Crippen molar-refractivity contribution in [2.45, 2.75) is 6.92 Å². The molecule has 1 aromatic heterocycles. The summed E-state index contributed by atoms with van der Waals surface area (Å²) in [5, 5.41) is 4.58. The van der Waals surface area contributed by atoms with Gasteiger partial charge in [0.1, 0.15) is 16.8 Å². The van der Waals surface area contributed by atoms with E-state index in [0.29, 0.717) is 28.5 Å². The number of rotatable bonds is 4. The minimum Gasteiger partial charge on any atom is -0.494 e. The first-order chi connectivity index (χ1) is 11.7. The average Bonchev–Trinajstić information content (AvgIpc) is 2.62. The molecule has 0 saturated carbocycles. The second-order valence-electron chi connectivity index (χ2n) is 5.45. The van der Waals surface area contributed by atoms with Crippen LogP contribution in [0.2, 0.25) is 5.02 Å². The number of anilines is 1. The zero-order valence-electron chi connectivity index (χ0n) is 13.8. The zero-order chi connectivity index (χ0) is 17.1. The number of benzene rings is 1. The highest BCUT2D eigenvalue weighted by atomic mass is 35.5. The lowest BCUT2D eigenvalue weighted by molar-refractivity contribution is 0.0526. The van der Waals surface area contributed by atoms with Crippen LogP contribution in [0.25, 0.3) is 10.9 Å². The third-order valence-corrected chi connectivity index (χ3v) is 4.37. The lowest BCUT2D eigenvalue weighted by atomic mass is 10.1. The Morgan fingerprint density at radius 3 is 2.79 bits per heavy atom. The quantitative estimate of drug-likeness (QED) is 0.856. The maximum atomic E-state index is 12.4. The van der Waals surface area contributed by atoms with Gasteiger partial charge in [-0.25, -0.2) is 4.79 Å². The monoisotopic (exact) mass is 349 g/mol. The summed E-state index contributed by atoms with van der Waals surface area (Å²) in [5.74, 6) is 0.237. The van der Waals surface area contributed by atoms with Gasteiger partial charge < -0.3 is 19.7 Å². The molecule has 1 N–H and O–H groups in total. The van der Waals surface area contributed by atoms with Crippen molar-refractivity contribution in [3.05, 3.63) is 28.9 Å². The fraction of sp³-hybridized carbons (Fsp3) is 0.412. The van der Waals surface area contributed by atoms with Gasteiger partial charge in [0.05, 0.1) is 24.4 Å². The van der Waals surface area contributed by atoms with E-state index in [1.807, 2.05) is 0 Å². The average molecular weight is 350 g/mol. The number of halogens is 1. The van der Waals surface area contributed by atoms with Gasteiger partial charge in [0.2, 0.25) is 0 Å². The summed E-state index contributed by atoms with van der Waals surface area (Å²) in [5.41, 5.74) is 1.84. The van der Waals surface area contributed by atoms with Gasteiger partial charge >= 0.3 is 5.97 Å². The summed E-state index contributed by atoms with van der Waals surface area (Å²) >= 11 is 6.47. The second kappa shape index (κ2) is 7.23. The number of nitrogens with zero attached hydrogens (tertiary/aromatic N) is 2. The lowest BCUT2D eigenvalue weighted by Crippen LogP contribution is -2.44. The summed E-state index contributed by atoms with van der Waals surface area (Å²) < 4.78 is 10.6. The van der Waals surface area contributed by atoms with E-state index in [4.69, 9.17) is 21.1 Å². The number of hydrogen-bond donors (Lipinski definition) is 1. The third-order valence-electron chi connectivity index (χ3n) is 4.05. The fourth-order valence-corrected chi connectivity index (χ4v) is 3.21. The smallest absolute Gasteiger partial charge is 0.341 e. The van der Waals surface area contributed by atoms with Crippen molar-refractivity contribution in [3.63, 3.8) is 0 Å². The number of methoxy groups -OCH3 is 1. The SMILES string of the molecule is CCOC(=O)c1cnc2c(OC)ccc(Cl)c2c1N1CCNCC1. The van der Waals surface area contributed by atoms with Gasteiger partial charge in [-0.05, 0) is 19.1 Å². The number of fused-ring (bicyclic) bond motifs is 1. The Hall–Kier alpha value is -2.05. The van der Waals surface area contributed by atoms with E-state index in [0.717, 1.165) is 37.3 Å². The summed E-state index contributed by atoms with van der Waals surface area (Å²) in [6, 6.07) is 3.55. The molecular weight excluding hydrogens is 330 g/mol. The number of aromatic nitrogens is 1. The van der Waals surface area contributed by atoms with Crippen LogP contribution in [0.3, 0.4) is 0 Å². The minimum absolute atomic E-state index is 0.309. The molecule has 2 aromatic rings. The van der Waals surface area contributed by atoms with Crippen LogP contribution in [0.4, 0.5) is 5.69 Å². The second-order valence-corrected chi connectivity index (χ2v) is 5.86. The van der Waals surface area contributed by atoms with Crippen molar-refractivity contribution >= 4 is 34.2 Å². The number of hydrogen-bond acceptors (Lipinski definition) is 6. The van der Waals surface area contributed by atoms with Crippen LogP contribution in [0.15, 0.2) is 18.3 Å². The molecule has 1 fully saturated rings. The molecule has 2 heterocycles. The maximum Gasteiger partial charge on any atom is 0.341 e. The molecule has 6 nitrogen and oxygen atoms in total. The summed E-state index contributed by atoms with van der Waals surface area (Å²) in [6.07, 6.45) is 1.55. The van der Waals surface area contributed by atoms with Crippen LogP contribution in [0.5, 0.6) is 5.75 Å². The number of esters is 1. The molecule has 1 saturated heterocycles. The number of ether oxygens (including phenoxy) is 2. The number of carbonyl (C=O) groups excluding carboxylic acids is 1. The Balaban J connectivity index is 2.27. The first-order valence-corrected chi connectivity index (χ1v) is 8.33. The van der Waals surface area contributed by atoms with Crippen LogP contribution >= 0.6 is 11.6 Å². The van der Waals surface area contributed by atoms with E-state index in [2.05, 4.69) is 15.2 Å². The van der Waals surface area contributed by atoms with Crippen LogP contribution < -0.4 is 15.0 Å². The molecular formula is C17H20ClN3O3. The molecule has 0 radical (unpaired) electrons. The van der Waals surface area contributed by atoms with Gasteiger partial charge in [0.15, 0.2) is 0 Å². The van der Waals surface area contributed by atoms with E-state index >= 15 is 0 Å². The Kier molecular flexibility index (Phi) is 5.06. The summed E-state index contributed by atoms with van der Waals surface area (Å²) in [7, 11) is 1.59. The maximum absolute atomic E-state index is 12.4. The molecule has 0 amide bonds. The Labute approximate surface area is 145 Å². The number of nitrogens with one attached hydrogen (secondary N) is 1. The van der Waals surface area contributed by atoms with Crippen molar-refractivity contribution in [2.75, 3.05) is 44.8 Å². The normalized spacial score (nSPS) is 14.7. The van der Waals surface area contributed by atoms with E-state index in [1.165, 1.54) is 0 Å².